The molecular weight excluding hydrogens is 745 g/mol. The van der Waals surface area contributed by atoms with E-state index in [1.54, 1.807) is 66.3 Å². The number of benzene rings is 2. The fourth-order valence-electron chi connectivity index (χ4n) is 6.24. The molecule has 2 aromatic heterocycles. The summed E-state index contributed by atoms with van der Waals surface area (Å²) in [5, 5.41) is 38.0. The SMILES string of the molecule is CC(C)[C@H](NC(=O)N(C)Cc1ccccn1)C(=O)N[C@@H](Cc1ccccc1)[C@H](O)[C@H](O)[C@H](Cc1ccccc1)NC(=O)[C@@H](NC(=O)N(C)Cc1nccs1)C(C)C. The maximum Gasteiger partial charge on any atom is 0.318 e. The van der Waals surface area contributed by atoms with Crippen LogP contribution in [0.1, 0.15) is 49.5 Å². The number of aromatic nitrogens is 2. The molecule has 4 aromatic rings. The van der Waals surface area contributed by atoms with Crippen molar-refractivity contribution in [3.8, 4) is 0 Å². The Morgan fingerprint density at radius 2 is 1.07 bits per heavy atom. The van der Waals surface area contributed by atoms with E-state index in [-0.39, 0.29) is 37.8 Å². The molecule has 57 heavy (non-hydrogen) atoms. The number of hydrogen-bond acceptors (Lipinski definition) is 9. The first-order valence-corrected chi connectivity index (χ1v) is 20.0. The summed E-state index contributed by atoms with van der Waals surface area (Å²) in [5.74, 6) is -1.78. The van der Waals surface area contributed by atoms with Crippen molar-refractivity contribution in [2.75, 3.05) is 14.1 Å². The van der Waals surface area contributed by atoms with Crippen LogP contribution in [0, 0.1) is 11.8 Å². The molecule has 2 aromatic carbocycles. The van der Waals surface area contributed by atoms with Gasteiger partial charge < -0.3 is 41.3 Å². The molecule has 0 aliphatic rings. The summed E-state index contributed by atoms with van der Waals surface area (Å²) in [7, 11) is 3.22. The van der Waals surface area contributed by atoms with Crippen molar-refractivity contribution in [2.45, 2.75) is 90.0 Å². The van der Waals surface area contributed by atoms with E-state index in [9.17, 15) is 29.4 Å². The zero-order valence-electron chi connectivity index (χ0n) is 33.4. The third kappa shape index (κ3) is 13.7. The smallest absolute Gasteiger partial charge is 0.318 e. The molecule has 2 heterocycles. The van der Waals surface area contributed by atoms with E-state index in [2.05, 4.69) is 31.2 Å². The lowest BCUT2D eigenvalue weighted by atomic mass is 9.90. The van der Waals surface area contributed by atoms with E-state index in [1.165, 1.54) is 21.1 Å². The van der Waals surface area contributed by atoms with Crippen molar-refractivity contribution in [3.63, 3.8) is 0 Å². The molecule has 0 saturated heterocycles. The molecule has 6 amide bonds. The molecule has 6 atom stereocenters. The van der Waals surface area contributed by atoms with Crippen LogP contribution in [0.5, 0.6) is 0 Å². The lowest BCUT2D eigenvalue weighted by Gasteiger charge is -2.35. The molecular formula is C42H56N8O6S. The molecule has 4 rings (SSSR count). The Labute approximate surface area is 339 Å². The second-order valence-corrected chi connectivity index (χ2v) is 15.9. The first-order valence-electron chi connectivity index (χ1n) is 19.1. The highest BCUT2D eigenvalue weighted by atomic mass is 32.1. The summed E-state index contributed by atoms with van der Waals surface area (Å²) in [4.78, 5) is 65.9. The van der Waals surface area contributed by atoms with Gasteiger partial charge in [-0.3, -0.25) is 14.6 Å². The van der Waals surface area contributed by atoms with Gasteiger partial charge in [-0.1, -0.05) is 94.4 Å². The lowest BCUT2D eigenvalue weighted by Crippen LogP contribution is -2.62. The van der Waals surface area contributed by atoms with E-state index in [0.717, 1.165) is 16.1 Å². The normalized spacial score (nSPS) is 14.4. The van der Waals surface area contributed by atoms with Crippen LogP contribution in [-0.2, 0) is 35.5 Å². The van der Waals surface area contributed by atoms with E-state index < -0.39 is 60.3 Å². The lowest BCUT2D eigenvalue weighted by molar-refractivity contribution is -0.129. The van der Waals surface area contributed by atoms with Crippen molar-refractivity contribution < 1.29 is 29.4 Å². The van der Waals surface area contributed by atoms with Gasteiger partial charge in [-0.2, -0.15) is 0 Å². The maximum absolute atomic E-state index is 14.0. The zero-order chi connectivity index (χ0) is 41.5. The molecule has 6 N–H and O–H groups in total. The Hall–Kier alpha value is -5.38. The Morgan fingerprint density at radius 3 is 1.47 bits per heavy atom. The summed E-state index contributed by atoms with van der Waals surface area (Å²) in [5.41, 5.74) is 2.24. The predicted molar refractivity (Wildman–Crippen MR) is 220 cm³/mol. The number of pyridine rings is 1. The van der Waals surface area contributed by atoms with Crippen LogP contribution < -0.4 is 21.3 Å². The number of carbonyl (C=O) groups is 4. The number of aliphatic hydroxyl groups is 2. The number of thiazole rings is 1. The standard InChI is InChI=1S/C42H56N8O6S/c1-27(2)35(47-41(55)49(5)25-31-19-13-14-20-43-31)39(53)45-32(23-29-15-9-7-10-16-29)37(51)38(52)33(24-30-17-11-8-12-18-30)46-40(54)36(28(3)4)48-42(56)50(6)26-34-44-21-22-57-34/h7-22,27-28,32-33,35-38,51-52H,23-26H2,1-6H3,(H,45,53)(H,46,54)(H,47,55)(H,48,56)/t32-,33-,35-,36-,37-,38+/m0/s1. The third-order valence-electron chi connectivity index (χ3n) is 9.56. The van der Waals surface area contributed by atoms with Crippen LogP contribution in [0.3, 0.4) is 0 Å². The van der Waals surface area contributed by atoms with Gasteiger partial charge in [-0.05, 0) is 47.9 Å². The molecule has 0 aliphatic carbocycles. The van der Waals surface area contributed by atoms with E-state index >= 15 is 0 Å². The van der Waals surface area contributed by atoms with Crippen molar-refractivity contribution >= 4 is 35.2 Å². The van der Waals surface area contributed by atoms with E-state index in [1.807, 2.05) is 72.1 Å². The Bertz CT molecular complexity index is 1830. The van der Waals surface area contributed by atoms with Gasteiger partial charge in [0.1, 0.15) is 29.3 Å². The van der Waals surface area contributed by atoms with Crippen molar-refractivity contribution in [1.29, 1.82) is 0 Å². The summed E-state index contributed by atoms with van der Waals surface area (Å²) in [6.45, 7) is 7.68. The summed E-state index contributed by atoms with van der Waals surface area (Å²) < 4.78 is 0. The van der Waals surface area contributed by atoms with Gasteiger partial charge in [0.05, 0.1) is 30.9 Å². The minimum atomic E-state index is -1.59. The fourth-order valence-corrected chi connectivity index (χ4v) is 6.91. The number of nitrogens with one attached hydrogen (secondary N) is 4. The summed E-state index contributed by atoms with van der Waals surface area (Å²) >= 11 is 1.42. The number of carbonyl (C=O) groups excluding carboxylic acids is 4. The van der Waals surface area contributed by atoms with Crippen LogP contribution >= 0.6 is 11.3 Å². The Morgan fingerprint density at radius 1 is 0.614 bits per heavy atom. The average molecular weight is 801 g/mol. The molecule has 0 fully saturated rings. The second kappa shape index (κ2) is 21.8. The molecule has 0 radical (unpaired) electrons. The monoisotopic (exact) mass is 800 g/mol. The van der Waals surface area contributed by atoms with Crippen LogP contribution in [0.4, 0.5) is 9.59 Å². The quantitative estimate of drug-likeness (QED) is 0.0827. The topological polar surface area (TPSA) is 189 Å². The first kappa shape index (κ1) is 44.3. The number of rotatable bonds is 19. The maximum atomic E-state index is 14.0. The fraction of sp³-hybridized carbons (Fsp3) is 0.429. The molecule has 0 spiro atoms. The van der Waals surface area contributed by atoms with Crippen molar-refractivity contribution in [1.82, 2.24) is 41.0 Å². The average Bonchev–Trinajstić information content (AvgIpc) is 3.71. The minimum Gasteiger partial charge on any atom is -0.388 e. The molecule has 0 saturated carbocycles. The second-order valence-electron chi connectivity index (χ2n) is 14.9. The number of nitrogens with zero attached hydrogens (tertiary/aromatic N) is 4. The number of urea groups is 2. The summed E-state index contributed by atoms with van der Waals surface area (Å²) in [6, 6.07) is 18.8. The third-order valence-corrected chi connectivity index (χ3v) is 10.3. The highest BCUT2D eigenvalue weighted by Crippen LogP contribution is 2.17. The van der Waals surface area contributed by atoms with Gasteiger partial charge in [0, 0.05) is 31.9 Å². The van der Waals surface area contributed by atoms with Crippen molar-refractivity contribution in [2.24, 2.45) is 11.8 Å². The predicted octanol–water partition coefficient (Wildman–Crippen LogP) is 3.75. The van der Waals surface area contributed by atoms with Gasteiger partial charge in [0.25, 0.3) is 0 Å². The van der Waals surface area contributed by atoms with Crippen molar-refractivity contribution in [3.05, 3.63) is 118 Å². The van der Waals surface area contributed by atoms with Gasteiger partial charge in [0.2, 0.25) is 11.8 Å². The highest BCUT2D eigenvalue weighted by Gasteiger charge is 2.38. The molecule has 0 unspecified atom stereocenters. The van der Waals surface area contributed by atoms with Gasteiger partial charge in [-0.25, -0.2) is 14.6 Å². The van der Waals surface area contributed by atoms with Gasteiger partial charge in [0.15, 0.2) is 0 Å². The molecule has 306 valence electrons. The molecule has 14 nitrogen and oxygen atoms in total. The van der Waals surface area contributed by atoms with Crippen LogP contribution in [-0.4, -0.2) is 104 Å². The first-order chi connectivity index (χ1) is 27.2. The number of amides is 6. The highest BCUT2D eigenvalue weighted by molar-refractivity contribution is 7.09. The van der Waals surface area contributed by atoms with Gasteiger partial charge in [-0.15, -0.1) is 11.3 Å². The zero-order valence-corrected chi connectivity index (χ0v) is 34.2. The van der Waals surface area contributed by atoms with Crippen LogP contribution in [0.25, 0.3) is 0 Å². The van der Waals surface area contributed by atoms with Gasteiger partial charge >= 0.3 is 12.1 Å². The summed E-state index contributed by atoms with van der Waals surface area (Å²) in [6.07, 6.45) is 0.382. The van der Waals surface area contributed by atoms with E-state index in [0.29, 0.717) is 5.69 Å². The minimum absolute atomic E-state index is 0.130. The van der Waals surface area contributed by atoms with Crippen LogP contribution in [0.2, 0.25) is 0 Å². The number of hydrogen-bond donors (Lipinski definition) is 6. The number of aliphatic hydroxyl groups excluding tert-OH is 2. The Balaban J connectivity index is 1.56. The largest absolute Gasteiger partial charge is 0.388 e. The Kier molecular flexibility index (Phi) is 17.0. The molecule has 0 aliphatic heterocycles. The van der Waals surface area contributed by atoms with E-state index in [4.69, 9.17) is 0 Å². The molecule has 15 heteroatoms. The molecule has 0 bridgehead atoms. The van der Waals surface area contributed by atoms with Crippen LogP contribution in [0.15, 0.2) is 96.6 Å².